The van der Waals surface area contributed by atoms with Gasteiger partial charge < -0.3 is 24.6 Å². The van der Waals surface area contributed by atoms with Gasteiger partial charge >= 0.3 is 0 Å². The van der Waals surface area contributed by atoms with Gasteiger partial charge in [0.05, 0.1) is 38.0 Å². The third-order valence-electron chi connectivity index (χ3n) is 5.78. The SMILES string of the molecule is CCOc1ccc(C(O)=C2C(=O)C(=O)N(CCOCCO)[C@@H]2c2ccc(C(C)(C)C)cc2)cc1. The van der Waals surface area contributed by atoms with Crippen molar-refractivity contribution in [2.75, 3.05) is 33.0 Å². The Hall–Kier alpha value is -3.16. The van der Waals surface area contributed by atoms with Crippen molar-refractivity contribution in [1.82, 2.24) is 4.90 Å². The quantitative estimate of drug-likeness (QED) is 0.252. The molecule has 1 amide bonds. The van der Waals surface area contributed by atoms with Crippen LogP contribution < -0.4 is 4.74 Å². The lowest BCUT2D eigenvalue weighted by Gasteiger charge is -2.26. The van der Waals surface area contributed by atoms with Crippen molar-refractivity contribution in [2.45, 2.75) is 39.2 Å². The first-order valence-corrected chi connectivity index (χ1v) is 11.5. The van der Waals surface area contributed by atoms with Crippen LogP contribution in [0.5, 0.6) is 5.75 Å². The summed E-state index contributed by atoms with van der Waals surface area (Å²) in [6, 6.07) is 13.8. The normalized spacial score (nSPS) is 17.9. The predicted octanol–water partition coefficient (Wildman–Crippen LogP) is 3.81. The smallest absolute Gasteiger partial charge is 0.295 e. The topological polar surface area (TPSA) is 96.3 Å². The summed E-state index contributed by atoms with van der Waals surface area (Å²) < 4.78 is 10.8. The molecular weight excluding hydrogens is 434 g/mol. The van der Waals surface area contributed by atoms with E-state index in [-0.39, 0.29) is 43.1 Å². The number of ketones is 1. The van der Waals surface area contributed by atoms with E-state index in [4.69, 9.17) is 14.6 Å². The van der Waals surface area contributed by atoms with Crippen LogP contribution in [0.25, 0.3) is 5.76 Å². The average Bonchev–Trinajstić information content (AvgIpc) is 3.06. The van der Waals surface area contributed by atoms with Crippen LogP contribution in [-0.4, -0.2) is 59.8 Å². The number of Topliss-reactive ketones (excluding diaryl/α,β-unsaturated/α-hetero) is 1. The molecule has 0 bridgehead atoms. The second-order valence-corrected chi connectivity index (χ2v) is 9.16. The van der Waals surface area contributed by atoms with Gasteiger partial charge in [0.2, 0.25) is 0 Å². The number of aliphatic hydroxyl groups excluding tert-OH is 2. The van der Waals surface area contributed by atoms with Crippen molar-refractivity contribution in [1.29, 1.82) is 0 Å². The molecule has 2 aromatic rings. The molecule has 0 aromatic heterocycles. The van der Waals surface area contributed by atoms with E-state index in [2.05, 4.69) is 20.8 Å². The molecule has 0 spiro atoms. The van der Waals surface area contributed by atoms with Crippen LogP contribution in [0.4, 0.5) is 0 Å². The highest BCUT2D eigenvalue weighted by molar-refractivity contribution is 6.46. The van der Waals surface area contributed by atoms with Gasteiger partial charge in [0.25, 0.3) is 11.7 Å². The first kappa shape index (κ1) is 25.5. The first-order chi connectivity index (χ1) is 16.2. The number of nitrogens with zero attached hydrogens (tertiary/aromatic N) is 1. The van der Waals surface area contributed by atoms with Crippen molar-refractivity contribution < 1.29 is 29.3 Å². The molecule has 7 heteroatoms. The molecule has 0 unspecified atom stereocenters. The Labute approximate surface area is 200 Å². The molecule has 3 rings (SSSR count). The highest BCUT2D eigenvalue weighted by Gasteiger charge is 2.45. The van der Waals surface area contributed by atoms with E-state index in [1.165, 1.54) is 4.90 Å². The lowest BCUT2D eigenvalue weighted by Crippen LogP contribution is -2.33. The summed E-state index contributed by atoms with van der Waals surface area (Å²) in [4.78, 5) is 27.5. The number of amides is 1. The minimum Gasteiger partial charge on any atom is -0.507 e. The van der Waals surface area contributed by atoms with Crippen molar-refractivity contribution in [3.63, 3.8) is 0 Å². The molecule has 0 aliphatic carbocycles. The number of benzene rings is 2. The van der Waals surface area contributed by atoms with Gasteiger partial charge in [-0.3, -0.25) is 9.59 Å². The zero-order valence-electron chi connectivity index (χ0n) is 20.2. The van der Waals surface area contributed by atoms with Gasteiger partial charge in [-0.1, -0.05) is 45.0 Å². The zero-order chi connectivity index (χ0) is 24.9. The Morgan fingerprint density at radius 1 is 1.00 bits per heavy atom. The van der Waals surface area contributed by atoms with Crippen molar-refractivity contribution in [2.24, 2.45) is 0 Å². The number of ether oxygens (including phenoxy) is 2. The van der Waals surface area contributed by atoms with Gasteiger partial charge in [-0.05, 0) is 47.7 Å². The van der Waals surface area contributed by atoms with Crippen molar-refractivity contribution >= 4 is 17.4 Å². The van der Waals surface area contributed by atoms with Crippen LogP contribution in [-0.2, 0) is 19.7 Å². The largest absolute Gasteiger partial charge is 0.507 e. The standard InChI is InChI=1S/C27H33NO6/c1-5-34-21-12-8-19(9-13-21)24(30)22-23(18-6-10-20(11-7-18)27(2,3)4)28(26(32)25(22)31)14-16-33-17-15-29/h6-13,23,29-30H,5,14-17H2,1-4H3/t23-/m1/s1. The van der Waals surface area contributed by atoms with E-state index in [9.17, 15) is 14.7 Å². The summed E-state index contributed by atoms with van der Waals surface area (Å²) in [5.41, 5.74) is 2.25. The summed E-state index contributed by atoms with van der Waals surface area (Å²) in [6.07, 6.45) is 0. The van der Waals surface area contributed by atoms with Crippen molar-refractivity contribution in [3.05, 3.63) is 70.8 Å². The van der Waals surface area contributed by atoms with Gasteiger partial charge in [-0.2, -0.15) is 0 Å². The maximum atomic E-state index is 13.1. The second-order valence-electron chi connectivity index (χ2n) is 9.16. The lowest BCUT2D eigenvalue weighted by atomic mass is 9.85. The van der Waals surface area contributed by atoms with Crippen LogP contribution in [0.3, 0.4) is 0 Å². The van der Waals surface area contributed by atoms with E-state index >= 15 is 0 Å². The summed E-state index contributed by atoms with van der Waals surface area (Å²) in [5.74, 6) is -1.01. The van der Waals surface area contributed by atoms with Gasteiger partial charge in [-0.25, -0.2) is 0 Å². The molecule has 1 atom stereocenters. The van der Waals surface area contributed by atoms with Crippen LogP contribution in [0.15, 0.2) is 54.1 Å². The zero-order valence-corrected chi connectivity index (χ0v) is 20.2. The Morgan fingerprint density at radius 2 is 1.65 bits per heavy atom. The van der Waals surface area contributed by atoms with E-state index in [1.807, 2.05) is 31.2 Å². The molecular formula is C27H33NO6. The fourth-order valence-electron chi connectivity index (χ4n) is 3.98. The number of carbonyl (C=O) groups is 2. The maximum Gasteiger partial charge on any atom is 0.295 e. The molecule has 34 heavy (non-hydrogen) atoms. The molecule has 2 aromatic carbocycles. The number of likely N-dealkylation sites (tertiary alicyclic amines) is 1. The lowest BCUT2D eigenvalue weighted by molar-refractivity contribution is -0.140. The van der Waals surface area contributed by atoms with E-state index in [0.717, 1.165) is 11.1 Å². The monoisotopic (exact) mass is 467 g/mol. The fraction of sp³-hybridized carbons (Fsp3) is 0.407. The third kappa shape index (κ3) is 5.48. The van der Waals surface area contributed by atoms with E-state index < -0.39 is 17.7 Å². The van der Waals surface area contributed by atoms with Crippen LogP contribution in [0.2, 0.25) is 0 Å². The first-order valence-electron chi connectivity index (χ1n) is 11.5. The molecule has 182 valence electrons. The highest BCUT2D eigenvalue weighted by atomic mass is 16.5. The summed E-state index contributed by atoms with van der Waals surface area (Å²) in [7, 11) is 0. The Bertz CT molecular complexity index is 1030. The number of aliphatic hydroxyl groups is 2. The van der Waals surface area contributed by atoms with Crippen LogP contribution in [0.1, 0.15) is 50.4 Å². The highest BCUT2D eigenvalue weighted by Crippen LogP contribution is 2.40. The number of carbonyl (C=O) groups excluding carboxylic acids is 2. The molecule has 2 N–H and O–H groups in total. The Morgan fingerprint density at radius 3 is 2.21 bits per heavy atom. The summed E-state index contributed by atoms with van der Waals surface area (Å²) >= 11 is 0. The molecule has 1 aliphatic heterocycles. The van der Waals surface area contributed by atoms with Crippen LogP contribution >= 0.6 is 0 Å². The van der Waals surface area contributed by atoms with E-state index in [0.29, 0.717) is 17.9 Å². The molecule has 1 fully saturated rings. The molecule has 1 heterocycles. The number of hydrogen-bond acceptors (Lipinski definition) is 6. The Kier molecular flexibility index (Phi) is 8.12. The minimum absolute atomic E-state index is 0.0415. The van der Waals surface area contributed by atoms with Gasteiger partial charge in [-0.15, -0.1) is 0 Å². The summed E-state index contributed by atoms with van der Waals surface area (Å²) in [5, 5.41) is 20.1. The van der Waals surface area contributed by atoms with E-state index in [1.54, 1.807) is 24.3 Å². The maximum absolute atomic E-state index is 13.1. The molecule has 1 saturated heterocycles. The molecule has 0 radical (unpaired) electrons. The fourth-order valence-corrected chi connectivity index (χ4v) is 3.98. The average molecular weight is 468 g/mol. The number of rotatable bonds is 9. The summed E-state index contributed by atoms with van der Waals surface area (Å²) in [6.45, 7) is 9.04. The van der Waals surface area contributed by atoms with Crippen LogP contribution in [0, 0.1) is 0 Å². The van der Waals surface area contributed by atoms with Gasteiger partial charge in [0.15, 0.2) is 0 Å². The predicted molar refractivity (Wildman–Crippen MR) is 130 cm³/mol. The van der Waals surface area contributed by atoms with Gasteiger partial charge in [0.1, 0.15) is 11.5 Å². The Balaban J connectivity index is 2.05. The minimum atomic E-state index is -0.752. The molecule has 1 aliphatic rings. The third-order valence-corrected chi connectivity index (χ3v) is 5.78. The second kappa shape index (κ2) is 10.8. The number of hydrogen-bond donors (Lipinski definition) is 2. The van der Waals surface area contributed by atoms with Gasteiger partial charge in [0, 0.05) is 12.1 Å². The molecule has 7 nitrogen and oxygen atoms in total. The van der Waals surface area contributed by atoms with Crippen molar-refractivity contribution in [3.8, 4) is 5.75 Å². The molecule has 0 saturated carbocycles.